The minimum atomic E-state index is -0.0603. The smallest absolute Gasteiger partial charge is 0.220 e. The fourth-order valence-corrected chi connectivity index (χ4v) is 3.77. The van der Waals surface area contributed by atoms with Crippen molar-refractivity contribution >= 4 is 11.8 Å². The molecule has 42 heavy (non-hydrogen) atoms. The molecule has 0 unspecified atom stereocenters. The Morgan fingerprint density at radius 2 is 1.10 bits per heavy atom. The third-order valence-corrected chi connectivity index (χ3v) is 5.80. The molecule has 0 atom stereocenters. The molecule has 0 saturated carbocycles. The Hall–Kier alpha value is -4.49. The average Bonchev–Trinajstić information content (AvgIpc) is 2.99. The molecule has 0 radical (unpaired) electrons. The number of hydrogen-bond acceptors (Lipinski definition) is 11. The van der Waals surface area contributed by atoms with Crippen LogP contribution in [0.15, 0.2) is 42.5 Å². The van der Waals surface area contributed by atoms with Crippen molar-refractivity contribution in [2.45, 2.75) is 40.2 Å². The summed E-state index contributed by atoms with van der Waals surface area (Å²) in [4.78, 5) is 35.4. The third kappa shape index (κ3) is 11.2. The number of carbonyl (C=O) groups excluding carboxylic acids is 2. The number of carbonyl (C=O) groups is 2. The summed E-state index contributed by atoms with van der Waals surface area (Å²) in [7, 11) is 3.12. The molecule has 3 rings (SSSR count). The van der Waals surface area contributed by atoms with Crippen LogP contribution in [-0.4, -0.2) is 67.2 Å². The summed E-state index contributed by atoms with van der Waals surface area (Å²) in [6.45, 7) is 6.83. The van der Waals surface area contributed by atoms with Crippen molar-refractivity contribution in [3.63, 3.8) is 0 Å². The van der Waals surface area contributed by atoms with Crippen LogP contribution in [0.25, 0.3) is 0 Å². The SMILES string of the molecule is COc1nc(OCc2cccc(COc3ccc(CNCCNC(C)=O)c(OC)n3)n2)ccc1CNCCNC(C)=O. The molecule has 13 heteroatoms. The maximum atomic E-state index is 11.0. The van der Waals surface area contributed by atoms with Crippen LogP contribution in [0.4, 0.5) is 0 Å². The fourth-order valence-electron chi connectivity index (χ4n) is 3.77. The first kappa shape index (κ1) is 32.0. The minimum Gasteiger partial charge on any atom is -0.481 e. The average molecular weight is 582 g/mol. The Balaban J connectivity index is 1.49. The van der Waals surface area contributed by atoms with E-state index in [4.69, 9.17) is 18.9 Å². The molecule has 3 heterocycles. The maximum Gasteiger partial charge on any atom is 0.220 e. The standard InChI is InChI=1S/C29H39N7O6/c1-20(37)32-14-12-30-16-22-8-10-26(35-28(22)39-3)41-18-24-6-5-7-25(34-24)19-42-27-11-9-23(29(36-27)40-4)17-31-13-15-33-21(2)38/h5-11,30-31H,12-19H2,1-4H3,(H,32,37)(H,33,38). The quantitative estimate of drug-likeness (QED) is 0.161. The van der Waals surface area contributed by atoms with Gasteiger partial charge in [-0.15, -0.1) is 0 Å². The van der Waals surface area contributed by atoms with E-state index < -0.39 is 0 Å². The molecule has 0 aliphatic heterocycles. The highest BCUT2D eigenvalue weighted by Crippen LogP contribution is 2.22. The zero-order chi connectivity index (χ0) is 30.2. The monoisotopic (exact) mass is 581 g/mol. The molecule has 226 valence electrons. The van der Waals surface area contributed by atoms with E-state index in [2.05, 4.69) is 36.2 Å². The van der Waals surface area contributed by atoms with E-state index >= 15 is 0 Å². The fraction of sp³-hybridized carbons (Fsp3) is 0.414. The Labute approximate surface area is 245 Å². The molecule has 13 nitrogen and oxygen atoms in total. The first-order chi connectivity index (χ1) is 20.4. The van der Waals surface area contributed by atoms with Gasteiger partial charge in [-0.3, -0.25) is 14.6 Å². The van der Waals surface area contributed by atoms with Gasteiger partial charge in [0.05, 0.1) is 25.6 Å². The lowest BCUT2D eigenvalue weighted by Crippen LogP contribution is -2.30. The third-order valence-electron chi connectivity index (χ3n) is 5.80. The zero-order valence-corrected chi connectivity index (χ0v) is 24.5. The predicted molar refractivity (Wildman–Crippen MR) is 155 cm³/mol. The van der Waals surface area contributed by atoms with Crippen LogP contribution in [-0.2, 0) is 35.9 Å². The normalized spacial score (nSPS) is 10.6. The van der Waals surface area contributed by atoms with Crippen molar-refractivity contribution < 1.29 is 28.5 Å². The van der Waals surface area contributed by atoms with E-state index in [1.165, 1.54) is 13.8 Å². The molecule has 0 aliphatic carbocycles. The van der Waals surface area contributed by atoms with Crippen LogP contribution in [0.1, 0.15) is 36.4 Å². The summed E-state index contributed by atoms with van der Waals surface area (Å²) in [5, 5.41) is 12.0. The molecular formula is C29H39N7O6. The van der Waals surface area contributed by atoms with Crippen LogP contribution in [0, 0.1) is 0 Å². The lowest BCUT2D eigenvalue weighted by atomic mass is 10.2. The van der Waals surface area contributed by atoms with Gasteiger partial charge in [-0.1, -0.05) is 6.07 Å². The molecule has 3 aromatic heterocycles. The zero-order valence-electron chi connectivity index (χ0n) is 24.5. The van der Waals surface area contributed by atoms with Crippen molar-refractivity contribution in [3.05, 3.63) is 65.0 Å². The number of rotatable bonds is 18. The van der Waals surface area contributed by atoms with Gasteiger partial charge in [0.25, 0.3) is 0 Å². The van der Waals surface area contributed by atoms with Crippen molar-refractivity contribution in [1.82, 2.24) is 36.2 Å². The van der Waals surface area contributed by atoms with E-state index in [1.807, 2.05) is 30.3 Å². The lowest BCUT2D eigenvalue weighted by molar-refractivity contribution is -0.119. The summed E-state index contributed by atoms with van der Waals surface area (Å²) in [6, 6.07) is 12.9. The van der Waals surface area contributed by atoms with Gasteiger partial charge >= 0.3 is 0 Å². The van der Waals surface area contributed by atoms with Crippen LogP contribution in [0.2, 0.25) is 0 Å². The molecule has 0 fully saturated rings. The molecule has 0 aromatic carbocycles. The molecular weight excluding hydrogens is 542 g/mol. The van der Waals surface area contributed by atoms with Crippen LogP contribution in [0.3, 0.4) is 0 Å². The van der Waals surface area contributed by atoms with E-state index in [9.17, 15) is 9.59 Å². The van der Waals surface area contributed by atoms with Crippen molar-refractivity contribution in [2.75, 3.05) is 40.4 Å². The van der Waals surface area contributed by atoms with Gasteiger partial charge in [-0.2, -0.15) is 9.97 Å². The summed E-state index contributed by atoms with van der Waals surface area (Å²) in [6.07, 6.45) is 0. The first-order valence-electron chi connectivity index (χ1n) is 13.6. The van der Waals surface area contributed by atoms with Gasteiger partial charge < -0.3 is 40.2 Å². The number of nitrogens with one attached hydrogen (secondary N) is 4. The number of hydrogen-bond donors (Lipinski definition) is 4. The van der Waals surface area contributed by atoms with Gasteiger partial charge in [-0.25, -0.2) is 0 Å². The number of methoxy groups -OCH3 is 2. The van der Waals surface area contributed by atoms with Gasteiger partial charge in [-0.05, 0) is 24.3 Å². The van der Waals surface area contributed by atoms with Gasteiger partial charge in [0.1, 0.15) is 13.2 Å². The maximum absolute atomic E-state index is 11.0. The molecule has 0 bridgehead atoms. The van der Waals surface area contributed by atoms with E-state index in [-0.39, 0.29) is 25.0 Å². The Morgan fingerprint density at radius 3 is 1.50 bits per heavy atom. The van der Waals surface area contributed by atoms with E-state index in [0.717, 1.165) is 11.1 Å². The molecule has 0 spiro atoms. The van der Waals surface area contributed by atoms with Crippen molar-refractivity contribution in [1.29, 1.82) is 0 Å². The Morgan fingerprint density at radius 1 is 0.643 bits per heavy atom. The Kier molecular flexibility index (Phi) is 13.2. The topological polar surface area (TPSA) is 158 Å². The van der Waals surface area contributed by atoms with Gasteiger partial charge in [0.2, 0.25) is 35.3 Å². The summed E-state index contributed by atoms with van der Waals surface area (Å²) in [5.74, 6) is 1.63. The molecule has 2 amide bonds. The van der Waals surface area contributed by atoms with Crippen LogP contribution >= 0.6 is 0 Å². The summed E-state index contributed by atoms with van der Waals surface area (Å²) < 4.78 is 22.6. The highest BCUT2D eigenvalue weighted by Gasteiger charge is 2.10. The molecule has 3 aromatic rings. The van der Waals surface area contributed by atoms with Gasteiger partial charge in [0.15, 0.2) is 0 Å². The number of ether oxygens (including phenoxy) is 4. The highest BCUT2D eigenvalue weighted by atomic mass is 16.5. The summed E-state index contributed by atoms with van der Waals surface area (Å²) in [5.41, 5.74) is 3.18. The van der Waals surface area contributed by atoms with Crippen molar-refractivity contribution in [3.8, 4) is 23.5 Å². The molecule has 4 N–H and O–H groups in total. The van der Waals surface area contributed by atoms with Crippen LogP contribution in [0.5, 0.6) is 23.5 Å². The summed E-state index contributed by atoms with van der Waals surface area (Å²) >= 11 is 0. The highest BCUT2D eigenvalue weighted by molar-refractivity contribution is 5.73. The Bertz CT molecular complexity index is 1210. The second kappa shape index (κ2) is 17.4. The number of nitrogens with zero attached hydrogens (tertiary/aromatic N) is 3. The van der Waals surface area contributed by atoms with E-state index in [0.29, 0.717) is 74.2 Å². The minimum absolute atomic E-state index is 0.0603. The molecule has 0 aliphatic rings. The second-order valence-corrected chi connectivity index (χ2v) is 9.15. The number of aromatic nitrogens is 3. The van der Waals surface area contributed by atoms with Crippen LogP contribution < -0.4 is 40.2 Å². The lowest BCUT2D eigenvalue weighted by Gasteiger charge is -2.12. The molecule has 0 saturated heterocycles. The second-order valence-electron chi connectivity index (χ2n) is 9.15. The largest absolute Gasteiger partial charge is 0.481 e. The van der Waals surface area contributed by atoms with Gasteiger partial charge in [0, 0.05) is 76.4 Å². The number of pyridine rings is 3. The van der Waals surface area contributed by atoms with Crippen molar-refractivity contribution in [2.24, 2.45) is 0 Å². The van der Waals surface area contributed by atoms with E-state index in [1.54, 1.807) is 26.4 Å². The predicted octanol–water partition coefficient (Wildman–Crippen LogP) is 1.50. The first-order valence-corrected chi connectivity index (χ1v) is 13.6. The number of amides is 2.